The molecule has 1 aromatic heterocycles. The molecule has 0 aliphatic carbocycles. The fourth-order valence-corrected chi connectivity index (χ4v) is 2.11. The van der Waals surface area contributed by atoms with Gasteiger partial charge in [-0.05, 0) is 6.42 Å². The van der Waals surface area contributed by atoms with Crippen molar-refractivity contribution in [2.24, 2.45) is 5.73 Å². The van der Waals surface area contributed by atoms with Gasteiger partial charge in [0.1, 0.15) is 11.6 Å². The average Bonchev–Trinajstić information content (AvgIpc) is 3.02. The molecule has 1 unspecified atom stereocenters. The third kappa shape index (κ3) is 4.57. The zero-order valence-electron chi connectivity index (χ0n) is 12.7. The van der Waals surface area contributed by atoms with E-state index in [2.05, 4.69) is 9.89 Å². The highest BCUT2D eigenvalue weighted by Gasteiger charge is 2.26. The van der Waals surface area contributed by atoms with Gasteiger partial charge < -0.3 is 19.7 Å². The first-order valence-electron chi connectivity index (χ1n) is 7.22. The highest BCUT2D eigenvalue weighted by molar-refractivity contribution is 5.78. The second-order valence-electron chi connectivity index (χ2n) is 4.87. The van der Waals surface area contributed by atoms with Crippen molar-refractivity contribution in [3.05, 3.63) is 42.2 Å². The summed E-state index contributed by atoms with van der Waals surface area (Å²) < 4.78 is 14.6. The second-order valence-corrected chi connectivity index (χ2v) is 4.87. The maximum Gasteiger partial charge on any atom is 0.407 e. The van der Waals surface area contributed by atoms with Gasteiger partial charge in [-0.1, -0.05) is 48.8 Å². The standard InChI is InChI=1S/C16H18N2O5/c1-2-6-12(15(19)21-10-22-16(17)20)14-9-13(18-23-14)11-7-4-3-5-8-11/h3-5,7-9,12H,2,6,10H2,1H3,(H2,17,20). The van der Waals surface area contributed by atoms with E-state index in [1.165, 1.54) is 0 Å². The largest absolute Gasteiger partial charge is 0.427 e. The Hall–Kier alpha value is -2.83. The predicted molar refractivity (Wildman–Crippen MR) is 81.2 cm³/mol. The molecule has 7 nitrogen and oxygen atoms in total. The smallest absolute Gasteiger partial charge is 0.407 e. The number of hydrogen-bond acceptors (Lipinski definition) is 6. The number of nitrogens with two attached hydrogens (primary N) is 1. The van der Waals surface area contributed by atoms with E-state index in [0.717, 1.165) is 12.0 Å². The maximum atomic E-state index is 12.1. The molecule has 0 bridgehead atoms. The number of rotatable bonds is 7. The second kappa shape index (κ2) is 7.98. The van der Waals surface area contributed by atoms with Crippen molar-refractivity contribution in [1.29, 1.82) is 0 Å². The lowest BCUT2D eigenvalue weighted by molar-refractivity contribution is -0.154. The molecule has 7 heteroatoms. The normalized spacial score (nSPS) is 11.7. The van der Waals surface area contributed by atoms with E-state index in [4.69, 9.17) is 15.0 Å². The van der Waals surface area contributed by atoms with Gasteiger partial charge in [0.25, 0.3) is 0 Å². The fraction of sp³-hybridized carbons (Fsp3) is 0.312. The molecule has 0 radical (unpaired) electrons. The summed E-state index contributed by atoms with van der Waals surface area (Å²) >= 11 is 0. The summed E-state index contributed by atoms with van der Waals surface area (Å²) in [6, 6.07) is 11.2. The molecule has 2 rings (SSSR count). The molecule has 0 aliphatic rings. The third-order valence-electron chi connectivity index (χ3n) is 3.21. The maximum absolute atomic E-state index is 12.1. The van der Waals surface area contributed by atoms with Crippen LogP contribution in [0.4, 0.5) is 4.79 Å². The van der Waals surface area contributed by atoms with Crippen LogP contribution in [0.1, 0.15) is 31.4 Å². The minimum absolute atomic E-state index is 0.412. The molecule has 0 saturated heterocycles. The van der Waals surface area contributed by atoms with E-state index < -0.39 is 24.8 Å². The lowest BCUT2D eigenvalue weighted by Crippen LogP contribution is -2.21. The molecule has 0 fully saturated rings. The summed E-state index contributed by atoms with van der Waals surface area (Å²) in [7, 11) is 0. The number of carbonyl (C=O) groups is 2. The van der Waals surface area contributed by atoms with Crippen LogP contribution in [-0.4, -0.2) is 24.0 Å². The molecule has 122 valence electrons. The van der Waals surface area contributed by atoms with E-state index in [1.54, 1.807) is 6.07 Å². The van der Waals surface area contributed by atoms with Crippen LogP contribution in [0, 0.1) is 0 Å². The summed E-state index contributed by atoms with van der Waals surface area (Å²) in [6.45, 7) is 1.42. The van der Waals surface area contributed by atoms with E-state index in [9.17, 15) is 9.59 Å². The number of hydrogen-bond donors (Lipinski definition) is 1. The van der Waals surface area contributed by atoms with E-state index >= 15 is 0 Å². The van der Waals surface area contributed by atoms with Crippen molar-refractivity contribution in [2.75, 3.05) is 6.79 Å². The Balaban J connectivity index is 2.10. The minimum atomic E-state index is -1.00. The van der Waals surface area contributed by atoms with Crippen LogP contribution in [0.25, 0.3) is 11.3 Å². The van der Waals surface area contributed by atoms with Gasteiger partial charge in [-0.25, -0.2) is 4.79 Å². The van der Waals surface area contributed by atoms with E-state index in [0.29, 0.717) is 17.9 Å². The summed E-state index contributed by atoms with van der Waals surface area (Å²) in [5.74, 6) is -0.750. The van der Waals surface area contributed by atoms with Crippen LogP contribution in [0.3, 0.4) is 0 Å². The summed E-state index contributed by atoms with van der Waals surface area (Å²) in [4.78, 5) is 22.6. The minimum Gasteiger partial charge on any atom is -0.427 e. The van der Waals surface area contributed by atoms with Crippen LogP contribution in [0.5, 0.6) is 0 Å². The molecule has 0 spiro atoms. The first-order chi connectivity index (χ1) is 11.1. The van der Waals surface area contributed by atoms with Gasteiger partial charge in [0, 0.05) is 11.6 Å². The molecule has 1 atom stereocenters. The Kier molecular flexibility index (Phi) is 5.74. The molecule has 1 amide bonds. The van der Waals surface area contributed by atoms with Crippen LogP contribution in [-0.2, 0) is 14.3 Å². The first-order valence-corrected chi connectivity index (χ1v) is 7.22. The predicted octanol–water partition coefficient (Wildman–Crippen LogP) is 2.82. The lowest BCUT2D eigenvalue weighted by atomic mass is 10.00. The highest BCUT2D eigenvalue weighted by Crippen LogP contribution is 2.27. The first kappa shape index (κ1) is 16.5. The van der Waals surface area contributed by atoms with Crippen LogP contribution in [0.15, 0.2) is 40.9 Å². The molecule has 1 aromatic carbocycles. The third-order valence-corrected chi connectivity index (χ3v) is 3.21. The van der Waals surface area contributed by atoms with Crippen molar-refractivity contribution in [2.45, 2.75) is 25.7 Å². The zero-order chi connectivity index (χ0) is 16.7. The number of esters is 1. The molecule has 2 aromatic rings. The molecule has 1 heterocycles. The number of carbonyl (C=O) groups excluding carboxylic acids is 2. The van der Waals surface area contributed by atoms with Crippen LogP contribution >= 0.6 is 0 Å². The van der Waals surface area contributed by atoms with Gasteiger partial charge in [0.15, 0.2) is 5.76 Å². The van der Waals surface area contributed by atoms with Gasteiger partial charge in [0.05, 0.1) is 0 Å². The Labute approximate surface area is 133 Å². The van der Waals surface area contributed by atoms with Crippen LogP contribution < -0.4 is 5.73 Å². The molecule has 2 N–H and O–H groups in total. The van der Waals surface area contributed by atoms with Gasteiger partial charge >= 0.3 is 12.1 Å². The summed E-state index contributed by atoms with van der Waals surface area (Å²) in [5.41, 5.74) is 6.34. The Morgan fingerprint density at radius 3 is 2.65 bits per heavy atom. The summed E-state index contributed by atoms with van der Waals surface area (Å²) in [5, 5.41) is 3.99. The number of aromatic nitrogens is 1. The van der Waals surface area contributed by atoms with Gasteiger partial charge in [-0.3, -0.25) is 4.79 Å². The Morgan fingerprint density at radius 1 is 1.26 bits per heavy atom. The van der Waals surface area contributed by atoms with Crippen molar-refractivity contribution in [3.8, 4) is 11.3 Å². The summed E-state index contributed by atoms with van der Waals surface area (Å²) in [6.07, 6.45) is 0.271. The number of ether oxygens (including phenoxy) is 2. The van der Waals surface area contributed by atoms with Crippen molar-refractivity contribution in [3.63, 3.8) is 0 Å². The monoisotopic (exact) mass is 318 g/mol. The molecule has 0 saturated carbocycles. The SMILES string of the molecule is CCCC(C(=O)OCOC(N)=O)c1cc(-c2ccccc2)no1. The van der Waals surface area contributed by atoms with Crippen molar-refractivity contribution < 1.29 is 23.6 Å². The van der Waals surface area contributed by atoms with Gasteiger partial charge in [0.2, 0.25) is 6.79 Å². The Bertz CT molecular complexity index is 654. The van der Waals surface area contributed by atoms with Gasteiger partial charge in [-0.2, -0.15) is 0 Å². The number of amides is 1. The number of nitrogens with zero attached hydrogens (tertiary/aromatic N) is 1. The van der Waals surface area contributed by atoms with E-state index in [-0.39, 0.29) is 0 Å². The Morgan fingerprint density at radius 2 is 2.00 bits per heavy atom. The molecule has 0 aliphatic heterocycles. The van der Waals surface area contributed by atoms with E-state index in [1.807, 2.05) is 37.3 Å². The lowest BCUT2D eigenvalue weighted by Gasteiger charge is -2.11. The molecular formula is C16H18N2O5. The number of primary amides is 1. The van der Waals surface area contributed by atoms with Crippen molar-refractivity contribution in [1.82, 2.24) is 5.16 Å². The zero-order valence-corrected chi connectivity index (χ0v) is 12.7. The number of benzene rings is 1. The van der Waals surface area contributed by atoms with Gasteiger partial charge in [-0.15, -0.1) is 0 Å². The topological polar surface area (TPSA) is 105 Å². The average molecular weight is 318 g/mol. The fourth-order valence-electron chi connectivity index (χ4n) is 2.11. The molecular weight excluding hydrogens is 300 g/mol. The van der Waals surface area contributed by atoms with Crippen LogP contribution in [0.2, 0.25) is 0 Å². The molecule has 23 heavy (non-hydrogen) atoms. The highest BCUT2D eigenvalue weighted by atomic mass is 16.7. The van der Waals surface area contributed by atoms with Crippen molar-refractivity contribution >= 4 is 12.1 Å². The quantitative estimate of drug-likeness (QED) is 0.621.